The SMILES string of the molecule is CCCCOCCOCC(O)CNC1CC1C. The molecule has 0 saturated heterocycles. The molecule has 0 spiro atoms. The van der Waals surface area contributed by atoms with E-state index in [1.165, 1.54) is 6.42 Å². The standard InChI is InChI=1S/C13H27NO3/c1-3-4-5-16-6-7-17-10-12(15)9-14-13-8-11(13)2/h11-15H,3-10H2,1-2H3. The van der Waals surface area contributed by atoms with E-state index < -0.39 is 6.10 Å². The van der Waals surface area contributed by atoms with Gasteiger partial charge in [0.25, 0.3) is 0 Å². The molecule has 0 heterocycles. The van der Waals surface area contributed by atoms with Gasteiger partial charge in [0, 0.05) is 19.2 Å². The fourth-order valence-electron chi connectivity index (χ4n) is 1.64. The molecule has 1 fully saturated rings. The molecule has 4 nitrogen and oxygen atoms in total. The largest absolute Gasteiger partial charge is 0.389 e. The van der Waals surface area contributed by atoms with E-state index in [9.17, 15) is 5.11 Å². The molecule has 0 aromatic heterocycles. The molecule has 0 amide bonds. The second-order valence-corrected chi connectivity index (χ2v) is 4.92. The van der Waals surface area contributed by atoms with E-state index in [4.69, 9.17) is 9.47 Å². The van der Waals surface area contributed by atoms with E-state index in [0.29, 0.717) is 32.4 Å². The van der Waals surface area contributed by atoms with E-state index >= 15 is 0 Å². The molecule has 0 aliphatic heterocycles. The van der Waals surface area contributed by atoms with E-state index in [2.05, 4.69) is 19.2 Å². The van der Waals surface area contributed by atoms with Crippen LogP contribution in [0.2, 0.25) is 0 Å². The maximum Gasteiger partial charge on any atom is 0.0897 e. The van der Waals surface area contributed by atoms with Gasteiger partial charge in [-0.3, -0.25) is 0 Å². The molecule has 4 heteroatoms. The van der Waals surface area contributed by atoms with Crippen LogP contribution in [0, 0.1) is 5.92 Å². The summed E-state index contributed by atoms with van der Waals surface area (Å²) in [6.07, 6.45) is 3.09. The molecule has 0 bridgehead atoms. The third kappa shape index (κ3) is 7.71. The highest BCUT2D eigenvalue weighted by Crippen LogP contribution is 2.28. The third-order valence-electron chi connectivity index (χ3n) is 3.05. The maximum atomic E-state index is 9.62. The van der Waals surface area contributed by atoms with Gasteiger partial charge in [-0.25, -0.2) is 0 Å². The van der Waals surface area contributed by atoms with Crippen molar-refractivity contribution in [1.82, 2.24) is 5.32 Å². The zero-order valence-electron chi connectivity index (χ0n) is 11.2. The molecule has 0 radical (unpaired) electrons. The fraction of sp³-hybridized carbons (Fsp3) is 1.00. The Morgan fingerprint density at radius 1 is 1.29 bits per heavy atom. The summed E-state index contributed by atoms with van der Waals surface area (Å²) in [7, 11) is 0. The Balaban J connectivity index is 1.78. The minimum atomic E-state index is -0.404. The lowest BCUT2D eigenvalue weighted by Crippen LogP contribution is -2.32. The molecule has 3 atom stereocenters. The van der Waals surface area contributed by atoms with Crippen LogP contribution in [0.15, 0.2) is 0 Å². The number of aliphatic hydroxyl groups is 1. The van der Waals surface area contributed by atoms with Crippen molar-refractivity contribution in [1.29, 1.82) is 0 Å². The maximum absolute atomic E-state index is 9.62. The number of hydrogen-bond acceptors (Lipinski definition) is 4. The summed E-state index contributed by atoms with van der Waals surface area (Å²) in [5.74, 6) is 0.773. The normalized spacial score (nSPS) is 24.9. The number of aliphatic hydroxyl groups excluding tert-OH is 1. The van der Waals surface area contributed by atoms with Crippen molar-refractivity contribution in [3.63, 3.8) is 0 Å². The second-order valence-electron chi connectivity index (χ2n) is 4.92. The molecular formula is C13H27NO3. The van der Waals surface area contributed by atoms with Crippen LogP contribution in [0.4, 0.5) is 0 Å². The summed E-state index contributed by atoms with van der Waals surface area (Å²) in [6.45, 7) is 7.39. The van der Waals surface area contributed by atoms with E-state index in [1.807, 2.05) is 0 Å². The lowest BCUT2D eigenvalue weighted by Gasteiger charge is -2.12. The molecular weight excluding hydrogens is 218 g/mol. The van der Waals surface area contributed by atoms with Gasteiger partial charge in [0.15, 0.2) is 0 Å². The number of rotatable bonds is 11. The molecule has 1 rings (SSSR count). The topological polar surface area (TPSA) is 50.7 Å². The Hall–Kier alpha value is -0.160. The first-order valence-electron chi connectivity index (χ1n) is 6.81. The van der Waals surface area contributed by atoms with Crippen LogP contribution in [0.3, 0.4) is 0 Å². The molecule has 3 unspecified atom stereocenters. The van der Waals surface area contributed by atoms with Crippen molar-refractivity contribution < 1.29 is 14.6 Å². The lowest BCUT2D eigenvalue weighted by atomic mass is 10.3. The van der Waals surface area contributed by atoms with Crippen LogP contribution in [-0.2, 0) is 9.47 Å². The summed E-state index contributed by atoms with van der Waals surface area (Å²) in [5, 5.41) is 12.9. The third-order valence-corrected chi connectivity index (χ3v) is 3.05. The summed E-state index contributed by atoms with van der Waals surface area (Å²) >= 11 is 0. The van der Waals surface area contributed by atoms with Gasteiger partial charge in [-0.1, -0.05) is 20.3 Å². The fourth-order valence-corrected chi connectivity index (χ4v) is 1.64. The summed E-state index contributed by atoms with van der Waals surface area (Å²) in [5.41, 5.74) is 0. The van der Waals surface area contributed by atoms with E-state index in [-0.39, 0.29) is 0 Å². The average molecular weight is 245 g/mol. The Bertz CT molecular complexity index is 190. The number of nitrogens with one attached hydrogen (secondary N) is 1. The number of ether oxygens (including phenoxy) is 2. The second kappa shape index (κ2) is 8.86. The molecule has 0 aromatic carbocycles. The first kappa shape index (κ1) is 14.9. The van der Waals surface area contributed by atoms with Crippen LogP contribution in [0.5, 0.6) is 0 Å². The summed E-state index contributed by atoms with van der Waals surface area (Å²) < 4.78 is 10.7. The predicted octanol–water partition coefficient (Wildman–Crippen LogP) is 1.18. The first-order valence-corrected chi connectivity index (χ1v) is 6.81. The van der Waals surface area contributed by atoms with Crippen LogP contribution in [0.25, 0.3) is 0 Å². The highest BCUT2D eigenvalue weighted by molar-refractivity contribution is 4.89. The van der Waals surface area contributed by atoms with Gasteiger partial charge in [-0.2, -0.15) is 0 Å². The van der Waals surface area contributed by atoms with Crippen molar-refractivity contribution in [2.24, 2.45) is 5.92 Å². The van der Waals surface area contributed by atoms with Gasteiger partial charge in [-0.05, 0) is 18.8 Å². The van der Waals surface area contributed by atoms with Crippen LogP contribution in [0.1, 0.15) is 33.1 Å². The van der Waals surface area contributed by atoms with Crippen LogP contribution < -0.4 is 5.32 Å². The minimum Gasteiger partial charge on any atom is -0.389 e. The zero-order chi connectivity index (χ0) is 12.5. The molecule has 2 N–H and O–H groups in total. The highest BCUT2D eigenvalue weighted by Gasteiger charge is 2.32. The smallest absolute Gasteiger partial charge is 0.0897 e. The van der Waals surface area contributed by atoms with E-state index in [1.54, 1.807) is 0 Å². The predicted molar refractivity (Wildman–Crippen MR) is 68.1 cm³/mol. The monoisotopic (exact) mass is 245 g/mol. The molecule has 1 aliphatic carbocycles. The van der Waals surface area contributed by atoms with Crippen molar-refractivity contribution >= 4 is 0 Å². The van der Waals surface area contributed by atoms with Crippen molar-refractivity contribution in [3.05, 3.63) is 0 Å². The summed E-state index contributed by atoms with van der Waals surface area (Å²) in [4.78, 5) is 0. The first-order chi connectivity index (χ1) is 8.24. The summed E-state index contributed by atoms with van der Waals surface area (Å²) in [6, 6.07) is 0.613. The van der Waals surface area contributed by atoms with Crippen LogP contribution in [-0.4, -0.2) is 50.2 Å². The van der Waals surface area contributed by atoms with Gasteiger partial charge in [0.05, 0.1) is 25.9 Å². The molecule has 1 aliphatic rings. The van der Waals surface area contributed by atoms with Gasteiger partial charge in [0.2, 0.25) is 0 Å². The van der Waals surface area contributed by atoms with Gasteiger partial charge in [-0.15, -0.1) is 0 Å². The Morgan fingerprint density at radius 2 is 2.00 bits per heavy atom. The van der Waals surface area contributed by atoms with Gasteiger partial charge in [0.1, 0.15) is 0 Å². The Morgan fingerprint density at radius 3 is 2.65 bits per heavy atom. The van der Waals surface area contributed by atoms with Crippen molar-refractivity contribution in [2.45, 2.75) is 45.3 Å². The number of unbranched alkanes of at least 4 members (excludes halogenated alkanes) is 1. The number of hydrogen-bond donors (Lipinski definition) is 2. The van der Waals surface area contributed by atoms with Gasteiger partial charge < -0.3 is 19.9 Å². The van der Waals surface area contributed by atoms with Gasteiger partial charge >= 0.3 is 0 Å². The molecule has 0 aromatic rings. The Kier molecular flexibility index (Phi) is 7.77. The zero-order valence-corrected chi connectivity index (χ0v) is 11.2. The van der Waals surface area contributed by atoms with Crippen LogP contribution >= 0.6 is 0 Å². The highest BCUT2D eigenvalue weighted by atomic mass is 16.5. The quantitative estimate of drug-likeness (QED) is 0.537. The average Bonchev–Trinajstić information content (AvgIpc) is 3.02. The Labute approximate surface area is 105 Å². The lowest BCUT2D eigenvalue weighted by molar-refractivity contribution is 0.00377. The molecule has 102 valence electrons. The van der Waals surface area contributed by atoms with Crippen molar-refractivity contribution in [3.8, 4) is 0 Å². The minimum absolute atomic E-state index is 0.394. The molecule has 1 saturated carbocycles. The molecule has 17 heavy (non-hydrogen) atoms. The van der Waals surface area contributed by atoms with Crippen molar-refractivity contribution in [2.75, 3.05) is 33.0 Å². The van der Waals surface area contributed by atoms with E-state index in [0.717, 1.165) is 25.4 Å².